The summed E-state index contributed by atoms with van der Waals surface area (Å²) in [5.41, 5.74) is 0.712. The maximum atomic E-state index is 13.3. The molecular formula is C14H19FN6O. The third kappa shape index (κ3) is 4.08. The van der Waals surface area contributed by atoms with Crippen LogP contribution in [0.5, 0.6) is 0 Å². The van der Waals surface area contributed by atoms with Crippen LogP contribution in [0.1, 0.15) is 17.4 Å². The van der Waals surface area contributed by atoms with Crippen molar-refractivity contribution in [2.24, 2.45) is 0 Å². The molecule has 1 atom stereocenters. The lowest BCUT2D eigenvalue weighted by atomic mass is 10.1. The quantitative estimate of drug-likeness (QED) is 0.716. The number of nitrogens with one attached hydrogen (secondary N) is 2. The minimum atomic E-state index is -0.617. The Morgan fingerprint density at radius 3 is 2.86 bits per heavy atom. The number of benzene rings is 1. The zero-order chi connectivity index (χ0) is 15.9. The summed E-state index contributed by atoms with van der Waals surface area (Å²) in [5.74, 6) is 0.000333. The molecule has 118 valence electrons. The van der Waals surface area contributed by atoms with Gasteiger partial charge in [0, 0.05) is 19.5 Å². The molecule has 2 rings (SSSR count). The standard InChI is InChI=1S/C14H19FN6O/c1-10-18-19-20-21(10)13(14(22)17-7-6-16-2)9-11-4-3-5-12(15)8-11/h3-5,8,13,16H,6-7,9H2,1-2H3,(H,17,22). The number of halogens is 1. The van der Waals surface area contributed by atoms with Gasteiger partial charge in [-0.2, -0.15) is 0 Å². The highest BCUT2D eigenvalue weighted by molar-refractivity contribution is 5.80. The van der Waals surface area contributed by atoms with Gasteiger partial charge in [-0.15, -0.1) is 5.10 Å². The van der Waals surface area contributed by atoms with Gasteiger partial charge >= 0.3 is 0 Å². The molecule has 0 aliphatic rings. The molecule has 0 saturated heterocycles. The summed E-state index contributed by atoms with van der Waals surface area (Å²) in [5, 5.41) is 17.0. The fourth-order valence-corrected chi connectivity index (χ4v) is 2.13. The van der Waals surface area contributed by atoms with E-state index in [1.807, 2.05) is 7.05 Å². The first kappa shape index (κ1) is 16.0. The van der Waals surface area contributed by atoms with Crippen molar-refractivity contribution in [2.45, 2.75) is 19.4 Å². The van der Waals surface area contributed by atoms with Crippen molar-refractivity contribution >= 4 is 5.91 Å². The second-order valence-corrected chi connectivity index (χ2v) is 4.92. The highest BCUT2D eigenvalue weighted by Gasteiger charge is 2.24. The van der Waals surface area contributed by atoms with Crippen LogP contribution in [0.25, 0.3) is 0 Å². The summed E-state index contributed by atoms with van der Waals surface area (Å²) in [6, 6.07) is 5.55. The molecule has 0 aliphatic carbocycles. The molecule has 0 aliphatic heterocycles. The molecule has 0 fully saturated rings. The van der Waals surface area contributed by atoms with Crippen LogP contribution in [-0.4, -0.2) is 46.3 Å². The van der Waals surface area contributed by atoms with Crippen LogP contribution in [0.15, 0.2) is 24.3 Å². The molecule has 22 heavy (non-hydrogen) atoms. The van der Waals surface area contributed by atoms with Crippen molar-refractivity contribution in [3.05, 3.63) is 41.5 Å². The number of aryl methyl sites for hydroxylation is 1. The predicted octanol–water partition coefficient (Wildman–Crippen LogP) is 0.240. The van der Waals surface area contributed by atoms with Crippen LogP contribution in [0, 0.1) is 12.7 Å². The monoisotopic (exact) mass is 306 g/mol. The van der Waals surface area contributed by atoms with Gasteiger partial charge in [0.2, 0.25) is 5.91 Å². The number of amides is 1. The highest BCUT2D eigenvalue weighted by Crippen LogP contribution is 2.15. The number of hydrogen-bond donors (Lipinski definition) is 2. The molecule has 1 aromatic carbocycles. The van der Waals surface area contributed by atoms with Gasteiger partial charge in [-0.3, -0.25) is 4.79 Å². The topological polar surface area (TPSA) is 84.7 Å². The fourth-order valence-electron chi connectivity index (χ4n) is 2.13. The van der Waals surface area contributed by atoms with Crippen molar-refractivity contribution in [3.63, 3.8) is 0 Å². The Labute approximate surface area is 127 Å². The van der Waals surface area contributed by atoms with Crippen LogP contribution in [-0.2, 0) is 11.2 Å². The van der Waals surface area contributed by atoms with Crippen molar-refractivity contribution in [2.75, 3.05) is 20.1 Å². The van der Waals surface area contributed by atoms with Crippen LogP contribution in [0.3, 0.4) is 0 Å². The molecule has 2 N–H and O–H groups in total. The Balaban J connectivity index is 2.18. The Kier molecular flexibility index (Phi) is 5.54. The van der Waals surface area contributed by atoms with Crippen molar-refractivity contribution in [1.82, 2.24) is 30.8 Å². The number of tetrazole rings is 1. The molecule has 8 heteroatoms. The molecule has 1 aromatic heterocycles. The van der Waals surface area contributed by atoms with Gasteiger partial charge in [0.15, 0.2) is 0 Å². The number of likely N-dealkylation sites (N-methyl/N-ethyl adjacent to an activating group) is 1. The number of carbonyl (C=O) groups excluding carboxylic acids is 1. The first-order valence-corrected chi connectivity index (χ1v) is 7.03. The Morgan fingerprint density at radius 1 is 1.41 bits per heavy atom. The smallest absolute Gasteiger partial charge is 0.245 e. The molecule has 0 bridgehead atoms. The van der Waals surface area contributed by atoms with Crippen LogP contribution in [0.2, 0.25) is 0 Å². The molecule has 0 radical (unpaired) electrons. The van der Waals surface area contributed by atoms with E-state index in [1.165, 1.54) is 16.8 Å². The maximum absolute atomic E-state index is 13.3. The molecule has 2 aromatic rings. The predicted molar refractivity (Wildman–Crippen MR) is 78.6 cm³/mol. The number of carbonyl (C=O) groups is 1. The van der Waals surface area contributed by atoms with Crippen LogP contribution in [0.4, 0.5) is 4.39 Å². The van der Waals surface area contributed by atoms with E-state index in [9.17, 15) is 9.18 Å². The zero-order valence-corrected chi connectivity index (χ0v) is 12.6. The molecule has 0 saturated carbocycles. The van der Waals surface area contributed by atoms with E-state index < -0.39 is 6.04 Å². The highest BCUT2D eigenvalue weighted by atomic mass is 19.1. The molecule has 1 amide bonds. The van der Waals surface area contributed by atoms with E-state index in [4.69, 9.17) is 0 Å². The Morgan fingerprint density at radius 2 is 2.23 bits per heavy atom. The maximum Gasteiger partial charge on any atom is 0.245 e. The summed E-state index contributed by atoms with van der Waals surface area (Å²) in [4.78, 5) is 12.4. The molecule has 1 heterocycles. The summed E-state index contributed by atoms with van der Waals surface area (Å²) in [6.07, 6.45) is 0.315. The van der Waals surface area contributed by atoms with Crippen LogP contribution < -0.4 is 10.6 Å². The minimum Gasteiger partial charge on any atom is -0.353 e. The molecule has 0 spiro atoms. The zero-order valence-electron chi connectivity index (χ0n) is 12.6. The van der Waals surface area contributed by atoms with Gasteiger partial charge in [-0.1, -0.05) is 12.1 Å². The van der Waals surface area contributed by atoms with Gasteiger partial charge < -0.3 is 10.6 Å². The van der Waals surface area contributed by atoms with E-state index in [2.05, 4.69) is 26.2 Å². The Bertz CT molecular complexity index is 629. The summed E-state index contributed by atoms with van der Waals surface area (Å²) < 4.78 is 14.8. The van der Waals surface area contributed by atoms with Gasteiger partial charge in [0.05, 0.1) is 0 Å². The van der Waals surface area contributed by atoms with E-state index in [-0.39, 0.29) is 11.7 Å². The van der Waals surface area contributed by atoms with E-state index >= 15 is 0 Å². The van der Waals surface area contributed by atoms with Gasteiger partial charge in [-0.25, -0.2) is 9.07 Å². The Hall–Kier alpha value is -2.35. The molecule has 7 nitrogen and oxygen atoms in total. The van der Waals surface area contributed by atoms with Crippen molar-refractivity contribution in [3.8, 4) is 0 Å². The normalized spacial score (nSPS) is 12.1. The van der Waals surface area contributed by atoms with Crippen molar-refractivity contribution in [1.29, 1.82) is 0 Å². The van der Waals surface area contributed by atoms with Crippen LogP contribution >= 0.6 is 0 Å². The van der Waals surface area contributed by atoms with E-state index in [1.54, 1.807) is 19.1 Å². The third-order valence-corrected chi connectivity index (χ3v) is 3.25. The first-order chi connectivity index (χ1) is 10.6. The summed E-state index contributed by atoms with van der Waals surface area (Å²) in [7, 11) is 1.81. The number of aromatic nitrogens is 4. The largest absolute Gasteiger partial charge is 0.353 e. The van der Waals surface area contributed by atoms with Crippen molar-refractivity contribution < 1.29 is 9.18 Å². The minimum absolute atomic E-state index is 0.199. The third-order valence-electron chi connectivity index (χ3n) is 3.25. The fraction of sp³-hybridized carbons (Fsp3) is 0.429. The lowest BCUT2D eigenvalue weighted by molar-refractivity contribution is -0.124. The van der Waals surface area contributed by atoms with E-state index in [0.29, 0.717) is 30.9 Å². The van der Waals surface area contributed by atoms with Gasteiger partial charge in [0.1, 0.15) is 17.7 Å². The number of nitrogens with zero attached hydrogens (tertiary/aromatic N) is 4. The first-order valence-electron chi connectivity index (χ1n) is 7.03. The average molecular weight is 306 g/mol. The second kappa shape index (κ2) is 7.60. The molecular weight excluding hydrogens is 287 g/mol. The number of hydrogen-bond acceptors (Lipinski definition) is 5. The van der Waals surface area contributed by atoms with E-state index in [0.717, 1.165) is 0 Å². The van der Waals surface area contributed by atoms with Gasteiger partial charge in [-0.05, 0) is 42.1 Å². The SMILES string of the molecule is CNCCNC(=O)C(Cc1cccc(F)c1)n1nnnc1C. The number of rotatable bonds is 7. The second-order valence-electron chi connectivity index (χ2n) is 4.92. The lowest BCUT2D eigenvalue weighted by Crippen LogP contribution is -2.38. The van der Waals surface area contributed by atoms with Gasteiger partial charge in [0.25, 0.3) is 0 Å². The summed E-state index contributed by atoms with van der Waals surface area (Å²) >= 11 is 0. The summed E-state index contributed by atoms with van der Waals surface area (Å²) in [6.45, 7) is 2.88. The average Bonchev–Trinajstić information content (AvgIpc) is 2.91. The molecule has 1 unspecified atom stereocenters. The lowest BCUT2D eigenvalue weighted by Gasteiger charge is -2.17.